The Morgan fingerprint density at radius 3 is 2.36 bits per heavy atom. The summed E-state index contributed by atoms with van der Waals surface area (Å²) in [5, 5.41) is 8.80. The molecule has 0 atom stereocenters. The molecule has 22 heavy (non-hydrogen) atoms. The van der Waals surface area contributed by atoms with Crippen LogP contribution in [-0.4, -0.2) is 32.0 Å². The highest BCUT2D eigenvalue weighted by Gasteiger charge is 2.22. The van der Waals surface area contributed by atoms with Gasteiger partial charge in [-0.1, -0.05) is 25.0 Å². The minimum absolute atomic E-state index is 0.0724. The topological polar surface area (TPSA) is 70.2 Å². The predicted molar refractivity (Wildman–Crippen MR) is 86.5 cm³/mol. The number of carbonyl (C=O) groups excluding carboxylic acids is 2. The summed E-state index contributed by atoms with van der Waals surface area (Å²) in [4.78, 5) is 23.8. The molecule has 1 aliphatic carbocycles. The summed E-state index contributed by atoms with van der Waals surface area (Å²) in [5.74, 6) is 0.278. The summed E-state index contributed by atoms with van der Waals surface area (Å²) in [5.41, 5.74) is 1.65. The number of benzene rings is 1. The second kappa shape index (κ2) is 8.54. The van der Waals surface area contributed by atoms with Crippen molar-refractivity contribution < 1.29 is 9.59 Å². The van der Waals surface area contributed by atoms with E-state index in [1.54, 1.807) is 12.1 Å². The molecule has 0 radical (unpaired) electrons. The van der Waals surface area contributed by atoms with Gasteiger partial charge in [0.1, 0.15) is 0 Å². The lowest BCUT2D eigenvalue weighted by molar-refractivity contribution is -0.124. The number of rotatable bonds is 7. The first-order valence-electron chi connectivity index (χ1n) is 8.00. The van der Waals surface area contributed by atoms with Gasteiger partial charge in [-0.3, -0.25) is 9.59 Å². The van der Waals surface area contributed by atoms with Crippen molar-refractivity contribution in [1.82, 2.24) is 16.0 Å². The third-order valence-corrected chi connectivity index (χ3v) is 4.07. The van der Waals surface area contributed by atoms with Crippen LogP contribution in [-0.2, 0) is 11.3 Å². The first kappa shape index (κ1) is 16.5. The van der Waals surface area contributed by atoms with Crippen molar-refractivity contribution in [3.63, 3.8) is 0 Å². The molecule has 0 saturated heterocycles. The zero-order valence-corrected chi connectivity index (χ0v) is 13.2. The summed E-state index contributed by atoms with van der Waals surface area (Å²) in [6.45, 7) is 1.88. The van der Waals surface area contributed by atoms with Crippen LogP contribution in [0.3, 0.4) is 0 Å². The van der Waals surface area contributed by atoms with Crippen LogP contribution in [0.5, 0.6) is 0 Å². The zero-order chi connectivity index (χ0) is 15.8. The van der Waals surface area contributed by atoms with Crippen LogP contribution in [0, 0.1) is 5.92 Å². The van der Waals surface area contributed by atoms with E-state index in [0.29, 0.717) is 18.7 Å². The average Bonchev–Trinajstić information content (AvgIpc) is 3.08. The summed E-state index contributed by atoms with van der Waals surface area (Å²) < 4.78 is 0. The van der Waals surface area contributed by atoms with E-state index in [1.807, 2.05) is 19.2 Å². The maximum absolute atomic E-state index is 12.0. The fraction of sp³-hybridized carbons (Fsp3) is 0.529. The first-order valence-corrected chi connectivity index (χ1v) is 8.00. The molecule has 1 aromatic carbocycles. The van der Waals surface area contributed by atoms with Crippen LogP contribution in [0.1, 0.15) is 41.6 Å². The van der Waals surface area contributed by atoms with Crippen molar-refractivity contribution in [3.8, 4) is 0 Å². The van der Waals surface area contributed by atoms with Crippen LogP contribution in [0.15, 0.2) is 24.3 Å². The van der Waals surface area contributed by atoms with Gasteiger partial charge in [0.2, 0.25) is 5.91 Å². The normalized spacial score (nSPS) is 14.8. The van der Waals surface area contributed by atoms with Gasteiger partial charge in [-0.2, -0.15) is 0 Å². The molecule has 2 rings (SSSR count). The van der Waals surface area contributed by atoms with Gasteiger partial charge >= 0.3 is 0 Å². The standard InChI is InChI=1S/C17H25N3O2/c1-18-10-11-19-16(21)15-8-6-13(7-9-15)12-20-17(22)14-4-2-3-5-14/h6-9,14,18H,2-5,10-12H2,1H3,(H,19,21)(H,20,22). The Morgan fingerprint density at radius 2 is 1.73 bits per heavy atom. The molecule has 1 saturated carbocycles. The second-order valence-corrected chi connectivity index (χ2v) is 5.76. The average molecular weight is 303 g/mol. The summed E-state index contributed by atoms with van der Waals surface area (Å²) in [6.07, 6.45) is 4.35. The van der Waals surface area contributed by atoms with E-state index in [0.717, 1.165) is 37.8 Å². The summed E-state index contributed by atoms with van der Waals surface area (Å²) >= 11 is 0. The minimum atomic E-state index is -0.0724. The van der Waals surface area contributed by atoms with E-state index < -0.39 is 0 Å². The van der Waals surface area contributed by atoms with Gasteiger partial charge in [-0.25, -0.2) is 0 Å². The van der Waals surface area contributed by atoms with Crippen molar-refractivity contribution in [2.24, 2.45) is 5.92 Å². The van der Waals surface area contributed by atoms with Crippen LogP contribution in [0.2, 0.25) is 0 Å². The predicted octanol–water partition coefficient (Wildman–Crippen LogP) is 1.44. The number of carbonyl (C=O) groups is 2. The monoisotopic (exact) mass is 303 g/mol. The fourth-order valence-electron chi connectivity index (χ4n) is 2.70. The molecule has 0 aromatic heterocycles. The Hall–Kier alpha value is -1.88. The Balaban J connectivity index is 1.78. The van der Waals surface area contributed by atoms with E-state index in [9.17, 15) is 9.59 Å². The number of hydrogen-bond donors (Lipinski definition) is 3. The SMILES string of the molecule is CNCCNC(=O)c1ccc(CNC(=O)C2CCCC2)cc1. The van der Waals surface area contributed by atoms with Gasteiger partial charge < -0.3 is 16.0 Å². The third-order valence-electron chi connectivity index (χ3n) is 4.07. The molecule has 0 bridgehead atoms. The molecule has 1 aliphatic rings. The molecule has 5 nitrogen and oxygen atoms in total. The van der Waals surface area contributed by atoms with Crippen molar-refractivity contribution in [2.75, 3.05) is 20.1 Å². The van der Waals surface area contributed by atoms with Crippen LogP contribution in [0.25, 0.3) is 0 Å². The Kier molecular flexibility index (Phi) is 6.40. The Morgan fingerprint density at radius 1 is 1.05 bits per heavy atom. The lowest BCUT2D eigenvalue weighted by Gasteiger charge is -2.10. The molecule has 120 valence electrons. The van der Waals surface area contributed by atoms with E-state index in [4.69, 9.17) is 0 Å². The largest absolute Gasteiger partial charge is 0.352 e. The van der Waals surface area contributed by atoms with Crippen LogP contribution in [0.4, 0.5) is 0 Å². The zero-order valence-electron chi connectivity index (χ0n) is 13.2. The van der Waals surface area contributed by atoms with E-state index in [1.165, 1.54) is 0 Å². The van der Waals surface area contributed by atoms with Crippen LogP contribution >= 0.6 is 0 Å². The van der Waals surface area contributed by atoms with Crippen molar-refractivity contribution >= 4 is 11.8 Å². The lowest BCUT2D eigenvalue weighted by Crippen LogP contribution is -2.30. The Bertz CT molecular complexity index is 493. The number of hydrogen-bond acceptors (Lipinski definition) is 3. The van der Waals surface area contributed by atoms with E-state index >= 15 is 0 Å². The number of likely N-dealkylation sites (N-methyl/N-ethyl adjacent to an activating group) is 1. The van der Waals surface area contributed by atoms with Crippen molar-refractivity contribution in [1.29, 1.82) is 0 Å². The highest BCUT2D eigenvalue weighted by molar-refractivity contribution is 5.94. The molecule has 1 aromatic rings. The first-order chi connectivity index (χ1) is 10.7. The smallest absolute Gasteiger partial charge is 0.251 e. The lowest BCUT2D eigenvalue weighted by atomic mass is 10.1. The molecule has 3 N–H and O–H groups in total. The van der Waals surface area contributed by atoms with Gasteiger partial charge in [0.15, 0.2) is 0 Å². The molecular weight excluding hydrogens is 278 g/mol. The minimum Gasteiger partial charge on any atom is -0.352 e. The Labute approximate surface area is 131 Å². The second-order valence-electron chi connectivity index (χ2n) is 5.76. The van der Waals surface area contributed by atoms with Crippen molar-refractivity contribution in [2.45, 2.75) is 32.2 Å². The highest BCUT2D eigenvalue weighted by atomic mass is 16.2. The summed E-state index contributed by atoms with van der Waals surface area (Å²) in [6, 6.07) is 7.38. The molecule has 0 unspecified atom stereocenters. The molecule has 0 aliphatic heterocycles. The molecule has 1 fully saturated rings. The quantitative estimate of drug-likeness (QED) is 0.668. The van der Waals surface area contributed by atoms with Gasteiger partial charge in [0.25, 0.3) is 5.91 Å². The maximum Gasteiger partial charge on any atom is 0.251 e. The fourth-order valence-corrected chi connectivity index (χ4v) is 2.70. The van der Waals surface area contributed by atoms with Gasteiger partial charge in [-0.15, -0.1) is 0 Å². The maximum atomic E-state index is 12.0. The molecule has 5 heteroatoms. The van der Waals surface area contributed by atoms with Gasteiger partial charge in [0, 0.05) is 31.1 Å². The third kappa shape index (κ3) is 4.84. The van der Waals surface area contributed by atoms with Gasteiger partial charge in [0.05, 0.1) is 0 Å². The molecule has 0 heterocycles. The number of amides is 2. The van der Waals surface area contributed by atoms with Crippen LogP contribution < -0.4 is 16.0 Å². The molecule has 2 amide bonds. The number of nitrogens with one attached hydrogen (secondary N) is 3. The van der Waals surface area contributed by atoms with E-state index in [-0.39, 0.29) is 17.7 Å². The van der Waals surface area contributed by atoms with Crippen molar-refractivity contribution in [3.05, 3.63) is 35.4 Å². The summed E-state index contributed by atoms with van der Waals surface area (Å²) in [7, 11) is 1.85. The van der Waals surface area contributed by atoms with Gasteiger partial charge in [-0.05, 0) is 37.6 Å². The molecular formula is C17H25N3O2. The molecule has 0 spiro atoms. The highest BCUT2D eigenvalue weighted by Crippen LogP contribution is 2.24. The van der Waals surface area contributed by atoms with E-state index in [2.05, 4.69) is 16.0 Å².